The molecule has 0 amide bonds. The minimum atomic E-state index is -3.47. The van der Waals surface area contributed by atoms with Gasteiger partial charge >= 0.3 is 0 Å². The number of ether oxygens (including phenoxy) is 1. The van der Waals surface area contributed by atoms with E-state index < -0.39 is 10.0 Å². The van der Waals surface area contributed by atoms with E-state index in [0.717, 1.165) is 15.8 Å². The van der Waals surface area contributed by atoms with Crippen LogP contribution in [0.5, 0.6) is 5.75 Å². The van der Waals surface area contributed by atoms with Crippen LogP contribution < -0.4 is 9.46 Å². The molecule has 21 heavy (non-hydrogen) atoms. The summed E-state index contributed by atoms with van der Waals surface area (Å²) in [6, 6.07) is 14.2. The summed E-state index contributed by atoms with van der Waals surface area (Å²) < 4.78 is 32.7. The average Bonchev–Trinajstić information content (AvgIpc) is 2.48. The van der Waals surface area contributed by atoms with Gasteiger partial charge in [-0.1, -0.05) is 34.1 Å². The molecule has 0 saturated carbocycles. The Balaban J connectivity index is 1.95. The van der Waals surface area contributed by atoms with Crippen LogP contribution in [0.4, 0.5) is 0 Å². The van der Waals surface area contributed by atoms with E-state index in [0.29, 0.717) is 13.0 Å². The van der Waals surface area contributed by atoms with Gasteiger partial charge in [0.15, 0.2) is 0 Å². The minimum Gasteiger partial charge on any atom is -0.497 e. The van der Waals surface area contributed by atoms with E-state index in [1.54, 1.807) is 31.4 Å². The molecule has 4 nitrogen and oxygen atoms in total. The summed E-state index contributed by atoms with van der Waals surface area (Å²) in [6.45, 7) is 0.348. The third kappa shape index (κ3) is 4.56. The maximum atomic E-state index is 12.1. The Morgan fingerprint density at radius 2 is 1.86 bits per heavy atom. The predicted octanol–water partition coefficient (Wildman–Crippen LogP) is 2.98. The first-order valence-corrected chi connectivity index (χ1v) is 8.67. The Hall–Kier alpha value is -1.37. The molecule has 0 aromatic heterocycles. The summed E-state index contributed by atoms with van der Waals surface area (Å²) in [5, 5.41) is 0. The van der Waals surface area contributed by atoms with Crippen molar-refractivity contribution in [2.45, 2.75) is 11.3 Å². The highest BCUT2D eigenvalue weighted by molar-refractivity contribution is 9.10. The molecule has 0 aliphatic carbocycles. The van der Waals surface area contributed by atoms with Crippen molar-refractivity contribution in [2.24, 2.45) is 0 Å². The number of hydrogen-bond acceptors (Lipinski definition) is 3. The molecule has 0 spiro atoms. The van der Waals surface area contributed by atoms with Gasteiger partial charge in [0.2, 0.25) is 10.0 Å². The van der Waals surface area contributed by atoms with E-state index in [2.05, 4.69) is 20.7 Å². The number of methoxy groups -OCH3 is 1. The first-order valence-electron chi connectivity index (χ1n) is 6.39. The number of hydrogen-bond donors (Lipinski definition) is 1. The van der Waals surface area contributed by atoms with E-state index in [9.17, 15) is 8.42 Å². The molecule has 6 heteroatoms. The molecule has 2 aromatic carbocycles. The van der Waals surface area contributed by atoms with Crippen LogP contribution in [0.3, 0.4) is 0 Å². The van der Waals surface area contributed by atoms with Crippen molar-refractivity contribution in [3.8, 4) is 5.75 Å². The molecule has 0 radical (unpaired) electrons. The van der Waals surface area contributed by atoms with Crippen LogP contribution in [0, 0.1) is 0 Å². The Labute approximate surface area is 133 Å². The summed E-state index contributed by atoms with van der Waals surface area (Å²) in [5.41, 5.74) is 1.05. The van der Waals surface area contributed by atoms with Crippen LogP contribution in [0.15, 0.2) is 57.9 Å². The SMILES string of the molecule is COc1ccc(CCNS(=O)(=O)c2cccc(Br)c2)cc1. The zero-order chi connectivity index (χ0) is 15.3. The zero-order valence-corrected chi connectivity index (χ0v) is 13.9. The predicted molar refractivity (Wildman–Crippen MR) is 86.0 cm³/mol. The topological polar surface area (TPSA) is 55.4 Å². The van der Waals surface area contributed by atoms with Gasteiger partial charge in [-0.15, -0.1) is 0 Å². The normalized spacial score (nSPS) is 11.3. The van der Waals surface area contributed by atoms with Crippen molar-refractivity contribution >= 4 is 26.0 Å². The molecule has 112 valence electrons. The second-order valence-corrected chi connectivity index (χ2v) is 7.14. The van der Waals surface area contributed by atoms with Crippen LogP contribution >= 0.6 is 15.9 Å². The van der Waals surface area contributed by atoms with Crippen molar-refractivity contribution in [3.63, 3.8) is 0 Å². The Bertz CT molecular complexity index is 699. The molecule has 0 fully saturated rings. The molecule has 0 saturated heterocycles. The number of nitrogens with one attached hydrogen (secondary N) is 1. The Morgan fingerprint density at radius 3 is 2.48 bits per heavy atom. The third-order valence-corrected chi connectivity index (χ3v) is 4.92. The lowest BCUT2D eigenvalue weighted by atomic mass is 10.1. The summed E-state index contributed by atoms with van der Waals surface area (Å²) >= 11 is 3.27. The number of rotatable bonds is 6. The molecule has 0 aliphatic rings. The molecule has 0 aliphatic heterocycles. The molecule has 2 aromatic rings. The molecular formula is C15H16BrNO3S. The zero-order valence-electron chi connectivity index (χ0n) is 11.5. The first kappa shape index (κ1) is 16.0. The maximum Gasteiger partial charge on any atom is 0.240 e. The molecule has 2 rings (SSSR count). The fraction of sp³-hybridized carbons (Fsp3) is 0.200. The number of sulfonamides is 1. The summed E-state index contributed by atoms with van der Waals surface area (Å²) in [7, 11) is -1.86. The molecule has 0 atom stereocenters. The molecular weight excluding hydrogens is 354 g/mol. The monoisotopic (exact) mass is 369 g/mol. The maximum absolute atomic E-state index is 12.1. The van der Waals surface area contributed by atoms with E-state index in [-0.39, 0.29) is 4.90 Å². The first-order chi connectivity index (χ1) is 10.0. The second-order valence-electron chi connectivity index (χ2n) is 4.45. The van der Waals surface area contributed by atoms with Crippen molar-refractivity contribution in [1.82, 2.24) is 4.72 Å². The largest absolute Gasteiger partial charge is 0.497 e. The number of halogens is 1. The van der Waals surface area contributed by atoms with Gasteiger partial charge in [-0.2, -0.15) is 0 Å². The van der Waals surface area contributed by atoms with Gasteiger partial charge in [-0.25, -0.2) is 13.1 Å². The van der Waals surface area contributed by atoms with Gasteiger partial charge in [-0.3, -0.25) is 0 Å². The van der Waals surface area contributed by atoms with Crippen LogP contribution in [0.25, 0.3) is 0 Å². The molecule has 0 heterocycles. The van der Waals surface area contributed by atoms with Gasteiger partial charge < -0.3 is 4.74 Å². The quantitative estimate of drug-likeness (QED) is 0.851. The summed E-state index contributed by atoms with van der Waals surface area (Å²) in [6.07, 6.45) is 0.622. The minimum absolute atomic E-state index is 0.256. The van der Waals surface area contributed by atoms with E-state index >= 15 is 0 Å². The summed E-state index contributed by atoms with van der Waals surface area (Å²) in [5.74, 6) is 0.786. The van der Waals surface area contributed by atoms with E-state index in [1.165, 1.54) is 0 Å². The highest BCUT2D eigenvalue weighted by atomic mass is 79.9. The van der Waals surface area contributed by atoms with E-state index in [1.807, 2.05) is 24.3 Å². The standard InChI is InChI=1S/C15H16BrNO3S/c1-20-14-7-5-12(6-8-14)9-10-17-21(18,19)15-4-2-3-13(16)11-15/h2-8,11,17H,9-10H2,1H3. The van der Waals surface area contributed by atoms with Crippen LogP contribution in [-0.4, -0.2) is 22.1 Å². The van der Waals surface area contributed by atoms with Crippen molar-refractivity contribution in [3.05, 3.63) is 58.6 Å². The van der Waals surface area contributed by atoms with Gasteiger partial charge in [-0.05, 0) is 42.3 Å². The van der Waals surface area contributed by atoms with Crippen molar-refractivity contribution in [1.29, 1.82) is 0 Å². The summed E-state index contributed by atoms with van der Waals surface area (Å²) in [4.78, 5) is 0.256. The lowest BCUT2D eigenvalue weighted by Crippen LogP contribution is -2.26. The second kappa shape index (κ2) is 7.06. The van der Waals surface area contributed by atoms with Crippen molar-refractivity contribution < 1.29 is 13.2 Å². The van der Waals surface area contributed by atoms with Crippen molar-refractivity contribution in [2.75, 3.05) is 13.7 Å². The Morgan fingerprint density at radius 1 is 1.14 bits per heavy atom. The molecule has 1 N–H and O–H groups in total. The van der Waals surface area contributed by atoms with Crippen LogP contribution in [0.1, 0.15) is 5.56 Å². The van der Waals surface area contributed by atoms with Gasteiger partial charge in [0, 0.05) is 11.0 Å². The lowest BCUT2D eigenvalue weighted by Gasteiger charge is -2.07. The van der Waals surface area contributed by atoms with Crippen LogP contribution in [0.2, 0.25) is 0 Å². The smallest absolute Gasteiger partial charge is 0.240 e. The molecule has 0 bridgehead atoms. The van der Waals surface area contributed by atoms with Gasteiger partial charge in [0.05, 0.1) is 12.0 Å². The fourth-order valence-electron chi connectivity index (χ4n) is 1.84. The lowest BCUT2D eigenvalue weighted by molar-refractivity contribution is 0.414. The van der Waals surface area contributed by atoms with Crippen LogP contribution in [-0.2, 0) is 16.4 Å². The third-order valence-electron chi connectivity index (χ3n) is 2.97. The average molecular weight is 370 g/mol. The Kier molecular flexibility index (Phi) is 5.39. The molecule has 0 unspecified atom stereocenters. The fourth-order valence-corrected chi connectivity index (χ4v) is 3.47. The van der Waals surface area contributed by atoms with Gasteiger partial charge in [0.25, 0.3) is 0 Å². The highest BCUT2D eigenvalue weighted by Gasteiger charge is 2.13. The van der Waals surface area contributed by atoms with E-state index in [4.69, 9.17) is 4.74 Å². The van der Waals surface area contributed by atoms with Gasteiger partial charge in [0.1, 0.15) is 5.75 Å². The highest BCUT2D eigenvalue weighted by Crippen LogP contribution is 2.16. The number of benzene rings is 2.